The maximum Gasteiger partial charge on any atom is 0.315 e. The molecule has 1 saturated carbocycles. The molecule has 7 nitrogen and oxygen atoms in total. The topological polar surface area (TPSA) is 83.3 Å². The van der Waals surface area contributed by atoms with Gasteiger partial charge in [0.2, 0.25) is 0 Å². The van der Waals surface area contributed by atoms with Gasteiger partial charge in [-0.3, -0.25) is 0 Å². The number of carbonyl (C=O) groups is 1. The smallest absolute Gasteiger partial charge is 0.315 e. The number of nitrogens with one attached hydrogen (secondary N) is 3. The molecule has 9 heteroatoms. The molecule has 4 aromatic rings. The van der Waals surface area contributed by atoms with Crippen molar-refractivity contribution in [3.63, 3.8) is 0 Å². The van der Waals surface area contributed by atoms with Crippen molar-refractivity contribution in [3.8, 4) is 11.3 Å². The van der Waals surface area contributed by atoms with Gasteiger partial charge < -0.3 is 16.0 Å². The van der Waals surface area contributed by atoms with Crippen LogP contribution in [0.5, 0.6) is 0 Å². The first-order chi connectivity index (χ1) is 17.1. The number of benzene rings is 2. The maximum atomic E-state index is 12.2. The lowest BCUT2D eigenvalue weighted by Gasteiger charge is -2.12. The molecule has 2 atom stereocenters. The first-order valence-electron chi connectivity index (χ1n) is 11.7. The van der Waals surface area contributed by atoms with Crippen LogP contribution >= 0.6 is 27.5 Å². The average Bonchev–Trinajstić information content (AvgIpc) is 3.54. The molecule has 2 unspecified atom stereocenters. The summed E-state index contributed by atoms with van der Waals surface area (Å²) in [4.78, 5) is 16.9. The molecule has 0 aliphatic heterocycles. The normalized spacial score (nSPS) is 16.7. The summed E-state index contributed by atoms with van der Waals surface area (Å²) in [6.45, 7) is 1.36. The van der Waals surface area contributed by atoms with Crippen molar-refractivity contribution >= 4 is 45.0 Å². The SMILES string of the molecule is O=C(NCCCCNc1cc(-c2ccccc2Cl)nc2c(Br)cnn12)NC1CC1c1ccccc1. The van der Waals surface area contributed by atoms with E-state index in [0.717, 1.165) is 53.0 Å². The number of anilines is 1. The van der Waals surface area contributed by atoms with E-state index in [1.165, 1.54) is 5.56 Å². The van der Waals surface area contributed by atoms with Crippen molar-refractivity contribution < 1.29 is 4.79 Å². The second kappa shape index (κ2) is 10.7. The predicted molar refractivity (Wildman–Crippen MR) is 143 cm³/mol. The lowest BCUT2D eigenvalue weighted by Crippen LogP contribution is -2.37. The first kappa shape index (κ1) is 23.6. The Morgan fingerprint density at radius 3 is 2.69 bits per heavy atom. The van der Waals surface area contributed by atoms with Crippen LogP contribution in [-0.4, -0.2) is 39.8 Å². The van der Waals surface area contributed by atoms with E-state index in [1.807, 2.05) is 48.5 Å². The molecule has 0 saturated heterocycles. The number of unbranched alkanes of at least 4 members (excludes halogenated alkanes) is 1. The zero-order valence-electron chi connectivity index (χ0n) is 19.0. The van der Waals surface area contributed by atoms with Crippen LogP contribution in [0, 0.1) is 0 Å². The fraction of sp³-hybridized carbons (Fsp3) is 0.269. The van der Waals surface area contributed by atoms with Gasteiger partial charge in [-0.15, -0.1) is 0 Å². The number of halogens is 2. The van der Waals surface area contributed by atoms with Crippen molar-refractivity contribution in [3.05, 3.63) is 81.9 Å². The quantitative estimate of drug-likeness (QED) is 0.227. The van der Waals surface area contributed by atoms with Gasteiger partial charge >= 0.3 is 6.03 Å². The van der Waals surface area contributed by atoms with Crippen molar-refractivity contribution in [2.24, 2.45) is 0 Å². The Hall–Kier alpha value is -3.10. The summed E-state index contributed by atoms with van der Waals surface area (Å²) in [7, 11) is 0. The van der Waals surface area contributed by atoms with E-state index in [4.69, 9.17) is 16.6 Å². The fourth-order valence-electron chi connectivity index (χ4n) is 4.18. The van der Waals surface area contributed by atoms with Crippen LogP contribution in [0.1, 0.15) is 30.7 Å². The second-order valence-electron chi connectivity index (χ2n) is 8.63. The predicted octanol–water partition coefficient (Wildman–Crippen LogP) is 5.86. The number of fused-ring (bicyclic) bond motifs is 1. The monoisotopic (exact) mass is 552 g/mol. The second-order valence-corrected chi connectivity index (χ2v) is 9.89. The number of nitrogens with zero attached hydrogens (tertiary/aromatic N) is 3. The van der Waals surface area contributed by atoms with Gasteiger partial charge in [0.1, 0.15) is 5.82 Å². The zero-order chi connectivity index (χ0) is 24.2. The molecule has 1 fully saturated rings. The Kier molecular flexibility index (Phi) is 7.20. The summed E-state index contributed by atoms with van der Waals surface area (Å²) in [5.74, 6) is 1.27. The van der Waals surface area contributed by atoms with Crippen LogP contribution in [0.4, 0.5) is 10.6 Å². The van der Waals surface area contributed by atoms with Crippen LogP contribution in [0.15, 0.2) is 71.3 Å². The standard InChI is InChI=1S/C26H26BrClN6O/c27-20-16-31-34-24(15-23(32-25(20)34)18-10-4-5-11-21(18)28)29-12-6-7-13-30-26(35)33-22-14-19(22)17-8-2-1-3-9-17/h1-5,8-11,15-16,19,22,29H,6-7,12-14H2,(H2,30,33,35). The van der Waals surface area contributed by atoms with Gasteiger partial charge in [0.15, 0.2) is 5.65 Å². The van der Waals surface area contributed by atoms with Crippen LogP contribution < -0.4 is 16.0 Å². The highest BCUT2D eigenvalue weighted by molar-refractivity contribution is 9.10. The molecule has 35 heavy (non-hydrogen) atoms. The Labute approximate surface area is 217 Å². The maximum absolute atomic E-state index is 12.2. The number of hydrogen-bond acceptors (Lipinski definition) is 4. The lowest BCUT2D eigenvalue weighted by molar-refractivity contribution is 0.240. The van der Waals surface area contributed by atoms with E-state index < -0.39 is 0 Å². The third-order valence-corrected chi connectivity index (χ3v) is 7.00. The molecule has 5 rings (SSSR count). The first-order valence-corrected chi connectivity index (χ1v) is 12.9. The summed E-state index contributed by atoms with van der Waals surface area (Å²) in [6.07, 6.45) is 4.49. The molecule has 2 aromatic carbocycles. The third kappa shape index (κ3) is 5.60. The minimum absolute atomic E-state index is 0.0944. The van der Waals surface area contributed by atoms with E-state index in [1.54, 1.807) is 10.7 Å². The molecule has 0 radical (unpaired) electrons. The fourth-order valence-corrected chi connectivity index (χ4v) is 4.76. The van der Waals surface area contributed by atoms with Crippen molar-refractivity contribution in [1.82, 2.24) is 25.2 Å². The highest BCUT2D eigenvalue weighted by Gasteiger charge is 2.39. The van der Waals surface area contributed by atoms with Gasteiger partial charge in [-0.2, -0.15) is 9.61 Å². The number of carbonyl (C=O) groups excluding carboxylic acids is 1. The summed E-state index contributed by atoms with van der Waals surface area (Å²) in [5.41, 5.74) is 3.65. The van der Waals surface area contributed by atoms with E-state index in [9.17, 15) is 4.79 Å². The van der Waals surface area contributed by atoms with E-state index in [-0.39, 0.29) is 12.1 Å². The van der Waals surface area contributed by atoms with E-state index >= 15 is 0 Å². The van der Waals surface area contributed by atoms with Gasteiger partial charge in [-0.25, -0.2) is 9.78 Å². The Bertz CT molecular complexity index is 1330. The van der Waals surface area contributed by atoms with Crippen LogP contribution in [0.25, 0.3) is 16.9 Å². The van der Waals surface area contributed by atoms with Crippen LogP contribution in [0.3, 0.4) is 0 Å². The average molecular weight is 554 g/mol. The summed E-state index contributed by atoms with van der Waals surface area (Å²) >= 11 is 9.93. The summed E-state index contributed by atoms with van der Waals surface area (Å²) in [6, 6.07) is 20.1. The zero-order valence-corrected chi connectivity index (χ0v) is 21.4. The van der Waals surface area contributed by atoms with Crippen molar-refractivity contribution in [1.29, 1.82) is 0 Å². The molecule has 2 amide bonds. The van der Waals surface area contributed by atoms with Gasteiger partial charge in [0, 0.05) is 41.7 Å². The van der Waals surface area contributed by atoms with Gasteiger partial charge in [-0.05, 0) is 46.8 Å². The van der Waals surface area contributed by atoms with Crippen LogP contribution in [-0.2, 0) is 0 Å². The minimum Gasteiger partial charge on any atom is -0.370 e. The molecule has 3 N–H and O–H groups in total. The molecule has 2 aromatic heterocycles. The van der Waals surface area contributed by atoms with E-state index in [2.05, 4.69) is 49.1 Å². The number of aromatic nitrogens is 3. The minimum atomic E-state index is -0.0944. The molecule has 2 heterocycles. The Morgan fingerprint density at radius 2 is 1.86 bits per heavy atom. The molecular weight excluding hydrogens is 528 g/mol. The highest BCUT2D eigenvalue weighted by Crippen LogP contribution is 2.40. The van der Waals surface area contributed by atoms with Crippen molar-refractivity contribution in [2.75, 3.05) is 18.4 Å². The molecule has 1 aliphatic carbocycles. The Morgan fingerprint density at radius 1 is 1.09 bits per heavy atom. The molecule has 0 bridgehead atoms. The number of urea groups is 1. The molecular formula is C26H26BrClN6O. The molecule has 180 valence electrons. The van der Waals surface area contributed by atoms with E-state index in [0.29, 0.717) is 17.5 Å². The summed E-state index contributed by atoms with van der Waals surface area (Å²) < 4.78 is 2.59. The molecule has 0 spiro atoms. The number of rotatable bonds is 9. The van der Waals surface area contributed by atoms with Crippen LogP contribution in [0.2, 0.25) is 5.02 Å². The number of amides is 2. The summed E-state index contributed by atoms with van der Waals surface area (Å²) in [5, 5.41) is 14.6. The van der Waals surface area contributed by atoms with Gasteiger partial charge in [-0.1, -0.05) is 60.1 Å². The van der Waals surface area contributed by atoms with Gasteiger partial charge in [0.25, 0.3) is 0 Å². The lowest BCUT2D eigenvalue weighted by atomic mass is 10.1. The molecule has 1 aliphatic rings. The highest BCUT2D eigenvalue weighted by atomic mass is 79.9. The number of hydrogen-bond donors (Lipinski definition) is 3. The third-order valence-electron chi connectivity index (χ3n) is 6.11. The van der Waals surface area contributed by atoms with Gasteiger partial charge in [0.05, 0.1) is 16.4 Å². The largest absolute Gasteiger partial charge is 0.370 e. The Balaban J connectivity index is 1.10. The van der Waals surface area contributed by atoms with Crippen molar-refractivity contribution in [2.45, 2.75) is 31.2 Å².